The van der Waals surface area contributed by atoms with Crippen LogP contribution in [0.4, 0.5) is 10.5 Å². The molecule has 2 amide bonds. The Morgan fingerprint density at radius 1 is 1.32 bits per heavy atom. The average molecular weight is 332 g/mol. The Hall–Kier alpha value is -0.444. The Balaban J connectivity index is 0.00000441. The number of hydrogen-bond donors (Lipinski definition) is 2. The molecule has 22 heavy (non-hydrogen) atoms. The number of nitrogens with one attached hydrogen (secondary N) is 2. The Bertz CT molecular complexity index is 518. The summed E-state index contributed by atoms with van der Waals surface area (Å²) in [5.41, 5.74) is 0.0368. The molecule has 0 spiro atoms. The van der Waals surface area contributed by atoms with Crippen LogP contribution in [0.2, 0.25) is 0 Å². The van der Waals surface area contributed by atoms with Crippen molar-refractivity contribution < 1.29 is 70.8 Å². The van der Waals surface area contributed by atoms with Crippen LogP contribution in [0.25, 0.3) is 0 Å². The van der Waals surface area contributed by atoms with Crippen LogP contribution >= 0.6 is 0 Å². The smallest absolute Gasteiger partial charge is 0.548 e. The van der Waals surface area contributed by atoms with Gasteiger partial charge in [-0.15, -0.1) is 0 Å². The van der Waals surface area contributed by atoms with E-state index < -0.39 is 17.5 Å². The summed E-state index contributed by atoms with van der Waals surface area (Å²) in [5.74, 6) is -1.35. The summed E-state index contributed by atoms with van der Waals surface area (Å²) in [5, 5.41) is 15.8. The minimum absolute atomic E-state index is 0. The van der Waals surface area contributed by atoms with Gasteiger partial charge in [0, 0.05) is 5.69 Å². The molecule has 0 aliphatic heterocycles. The average Bonchev–Trinajstić information content (AvgIpc) is 2.35. The van der Waals surface area contributed by atoms with Gasteiger partial charge in [0.1, 0.15) is 0 Å². The molecular formula is C15H21KN2O4. The van der Waals surface area contributed by atoms with Gasteiger partial charge < -0.3 is 25.3 Å². The predicted molar refractivity (Wildman–Crippen MR) is 77.6 cm³/mol. The number of hydrogen-bond acceptors (Lipinski definition) is 4. The first kappa shape index (κ1) is 21.6. The third kappa shape index (κ3) is 7.71. The number of rotatable bonds is 6. The molecule has 1 aromatic carbocycles. The van der Waals surface area contributed by atoms with E-state index in [4.69, 9.17) is 4.74 Å². The van der Waals surface area contributed by atoms with E-state index in [2.05, 4.69) is 10.6 Å². The molecule has 2 N–H and O–H groups in total. The summed E-state index contributed by atoms with van der Waals surface area (Å²) in [6.07, 6.45) is 0.119. The van der Waals surface area contributed by atoms with Crippen molar-refractivity contribution in [2.24, 2.45) is 0 Å². The fourth-order valence-electron chi connectivity index (χ4n) is 1.50. The first-order chi connectivity index (χ1) is 9.70. The minimum Gasteiger partial charge on any atom is -0.548 e. The van der Waals surface area contributed by atoms with Crippen molar-refractivity contribution in [3.63, 3.8) is 0 Å². The second kappa shape index (κ2) is 9.64. The van der Waals surface area contributed by atoms with Crippen LogP contribution in [0.3, 0.4) is 0 Å². The van der Waals surface area contributed by atoms with Crippen LogP contribution in [0.5, 0.6) is 0 Å². The molecule has 0 saturated heterocycles. The minimum atomic E-state index is -1.44. The molecule has 0 unspecified atom stereocenters. The number of carbonyl (C=O) groups is 2. The summed E-state index contributed by atoms with van der Waals surface area (Å²) in [6.45, 7) is 7.04. The Kier molecular flexibility index (Phi) is 9.45. The number of carboxylic acids is 1. The molecule has 116 valence electrons. The zero-order chi connectivity index (χ0) is 16.0. The predicted octanol–water partition coefficient (Wildman–Crippen LogP) is -1.73. The fraction of sp³-hybridized carbons (Fsp3) is 0.467. The Morgan fingerprint density at radius 3 is 2.50 bits per heavy atom. The van der Waals surface area contributed by atoms with E-state index in [1.807, 2.05) is 19.9 Å². The van der Waals surface area contributed by atoms with E-state index in [1.54, 1.807) is 18.2 Å². The van der Waals surface area contributed by atoms with Crippen molar-refractivity contribution in [3.8, 4) is 0 Å². The number of aliphatic carboxylic acids is 1. The molecule has 0 radical (unpaired) electrons. The van der Waals surface area contributed by atoms with Gasteiger partial charge >= 0.3 is 57.4 Å². The zero-order valence-corrected chi connectivity index (χ0v) is 16.8. The van der Waals surface area contributed by atoms with Crippen LogP contribution in [-0.2, 0) is 16.1 Å². The van der Waals surface area contributed by atoms with Crippen molar-refractivity contribution in [2.75, 3.05) is 5.32 Å². The van der Waals surface area contributed by atoms with Gasteiger partial charge in [-0.3, -0.25) is 0 Å². The zero-order valence-electron chi connectivity index (χ0n) is 13.7. The van der Waals surface area contributed by atoms with Gasteiger partial charge in [-0.2, -0.15) is 0 Å². The second-order valence-electron chi connectivity index (χ2n) is 5.55. The normalized spacial score (nSPS) is 10.8. The topological polar surface area (TPSA) is 90.5 Å². The quantitative estimate of drug-likeness (QED) is 0.606. The maximum Gasteiger partial charge on any atom is 1.00 e. The summed E-state index contributed by atoms with van der Waals surface area (Å²) in [4.78, 5) is 22.6. The van der Waals surface area contributed by atoms with Gasteiger partial charge in [-0.25, -0.2) is 4.79 Å². The second-order valence-corrected chi connectivity index (χ2v) is 5.55. The van der Waals surface area contributed by atoms with Crippen LogP contribution < -0.4 is 67.1 Å². The fourth-order valence-corrected chi connectivity index (χ4v) is 1.50. The Morgan fingerprint density at radius 2 is 1.95 bits per heavy atom. The van der Waals surface area contributed by atoms with Gasteiger partial charge in [-0.05, 0) is 45.4 Å². The number of benzene rings is 1. The van der Waals surface area contributed by atoms with Crippen LogP contribution in [-0.4, -0.2) is 23.6 Å². The number of carboxylic acid groups (broad SMARTS) is 1. The molecule has 0 aliphatic rings. The van der Waals surface area contributed by atoms with E-state index in [1.165, 1.54) is 13.8 Å². The number of anilines is 1. The molecule has 6 nitrogen and oxygen atoms in total. The van der Waals surface area contributed by atoms with Crippen LogP contribution in [0, 0.1) is 0 Å². The van der Waals surface area contributed by atoms with Crippen LogP contribution in [0.1, 0.15) is 33.3 Å². The number of amides is 2. The van der Waals surface area contributed by atoms with Gasteiger partial charge in [0.15, 0.2) is 0 Å². The van der Waals surface area contributed by atoms with Gasteiger partial charge in [-0.1, -0.05) is 12.1 Å². The van der Waals surface area contributed by atoms with Crippen molar-refractivity contribution in [1.82, 2.24) is 5.32 Å². The van der Waals surface area contributed by atoms with Crippen LogP contribution in [0.15, 0.2) is 24.3 Å². The third-order valence-corrected chi connectivity index (χ3v) is 2.70. The standard InChI is InChI=1S/C15H22N2O4.K/c1-10(2)21-9-11-6-5-7-12(8-11)16-14(20)17-15(3,4)13(18)19;/h5-8,10H,9H2,1-4H3,(H,18,19)(H2,16,17,20);/q;+1/p-1. The largest absolute Gasteiger partial charge is 1.00 e. The molecule has 0 heterocycles. The number of carbonyl (C=O) groups excluding carboxylic acids is 2. The van der Waals surface area contributed by atoms with Gasteiger partial charge in [0.2, 0.25) is 0 Å². The van der Waals surface area contributed by atoms with E-state index in [9.17, 15) is 14.7 Å². The van der Waals surface area contributed by atoms with E-state index in [0.717, 1.165) is 5.56 Å². The van der Waals surface area contributed by atoms with Gasteiger partial charge in [0.05, 0.1) is 24.2 Å². The van der Waals surface area contributed by atoms with Crippen molar-refractivity contribution >= 4 is 17.7 Å². The molecule has 0 aliphatic carbocycles. The van der Waals surface area contributed by atoms with E-state index in [-0.39, 0.29) is 57.5 Å². The van der Waals surface area contributed by atoms with E-state index in [0.29, 0.717) is 12.3 Å². The van der Waals surface area contributed by atoms with Gasteiger partial charge in [0.25, 0.3) is 0 Å². The Labute approximate surface area is 173 Å². The SMILES string of the molecule is CC(C)OCc1cccc(NC(=O)NC(C)(C)C(=O)[O-])c1.[K+]. The molecule has 0 fully saturated rings. The summed E-state index contributed by atoms with van der Waals surface area (Å²) in [6, 6.07) is 6.55. The molecule has 0 bridgehead atoms. The molecule has 1 aromatic rings. The monoisotopic (exact) mass is 332 g/mol. The number of urea groups is 1. The summed E-state index contributed by atoms with van der Waals surface area (Å²) in [7, 11) is 0. The third-order valence-electron chi connectivity index (χ3n) is 2.70. The molecule has 7 heteroatoms. The summed E-state index contributed by atoms with van der Waals surface area (Å²) < 4.78 is 5.49. The molecule has 0 saturated carbocycles. The first-order valence-electron chi connectivity index (χ1n) is 6.72. The van der Waals surface area contributed by atoms with Crippen molar-refractivity contribution in [1.29, 1.82) is 0 Å². The maximum absolute atomic E-state index is 11.8. The van der Waals surface area contributed by atoms with Crippen molar-refractivity contribution in [2.45, 2.75) is 45.9 Å². The van der Waals surface area contributed by atoms with Crippen molar-refractivity contribution in [3.05, 3.63) is 29.8 Å². The molecule has 0 atom stereocenters. The molecular weight excluding hydrogens is 311 g/mol. The first-order valence-corrected chi connectivity index (χ1v) is 6.72. The van der Waals surface area contributed by atoms with E-state index >= 15 is 0 Å². The molecule has 1 rings (SSSR count). The maximum atomic E-state index is 11.8. The summed E-state index contributed by atoms with van der Waals surface area (Å²) >= 11 is 0. The molecule has 0 aromatic heterocycles. The number of ether oxygens (including phenoxy) is 1.